The van der Waals surface area contributed by atoms with Crippen LogP contribution in [0.25, 0.3) is 21.8 Å². The van der Waals surface area contributed by atoms with Crippen molar-refractivity contribution >= 4 is 57.5 Å². The molecule has 4 aromatic carbocycles. The van der Waals surface area contributed by atoms with Gasteiger partial charge in [-0.2, -0.15) is 0 Å². The van der Waals surface area contributed by atoms with Gasteiger partial charge >= 0.3 is 0 Å². The van der Waals surface area contributed by atoms with Crippen molar-refractivity contribution in [2.45, 2.75) is 19.6 Å². The van der Waals surface area contributed by atoms with Gasteiger partial charge in [-0.05, 0) is 36.4 Å². The second-order valence-corrected chi connectivity index (χ2v) is 10.9. The van der Waals surface area contributed by atoms with E-state index in [2.05, 4.69) is 9.97 Å². The first-order valence-corrected chi connectivity index (χ1v) is 14.2. The van der Waals surface area contributed by atoms with Crippen LogP contribution in [0.5, 0.6) is 0 Å². The number of carbonyl (C=O) groups excluding carboxylic acids is 2. The van der Waals surface area contributed by atoms with Gasteiger partial charge in [0.05, 0.1) is 17.7 Å². The average Bonchev–Trinajstić information content (AvgIpc) is 3.56. The molecule has 200 valence electrons. The van der Waals surface area contributed by atoms with Crippen molar-refractivity contribution < 1.29 is 14.4 Å². The summed E-state index contributed by atoms with van der Waals surface area (Å²) in [6.07, 6.45) is 0.880. The van der Waals surface area contributed by atoms with E-state index in [1.807, 2.05) is 109 Å². The lowest BCUT2D eigenvalue weighted by molar-refractivity contribution is -0.0762. The van der Waals surface area contributed by atoms with Gasteiger partial charge < -0.3 is 9.97 Å². The van der Waals surface area contributed by atoms with E-state index in [4.69, 9.17) is 4.84 Å². The maximum atomic E-state index is 12.5. The minimum absolute atomic E-state index is 0.197. The summed E-state index contributed by atoms with van der Waals surface area (Å²) < 4.78 is 0. The number of para-hydroxylation sites is 2. The molecule has 0 spiro atoms. The van der Waals surface area contributed by atoms with E-state index in [0.717, 1.165) is 47.7 Å². The Bertz CT molecular complexity index is 1750. The topological polar surface area (TPSA) is 78.2 Å². The van der Waals surface area contributed by atoms with Crippen LogP contribution in [0.4, 0.5) is 0 Å². The van der Waals surface area contributed by atoms with Gasteiger partial charge in [-0.3, -0.25) is 14.4 Å². The van der Waals surface area contributed by atoms with Crippen LogP contribution in [0, 0.1) is 0 Å². The molecule has 6 rings (SSSR count). The minimum atomic E-state index is -0.197. The van der Waals surface area contributed by atoms with Crippen LogP contribution in [0.2, 0.25) is 0 Å². The van der Waals surface area contributed by atoms with Crippen molar-refractivity contribution in [1.29, 1.82) is 0 Å². The van der Waals surface area contributed by atoms with Crippen LogP contribution < -0.4 is 0 Å². The predicted molar refractivity (Wildman–Crippen MR) is 162 cm³/mol. The number of aromatic nitrogens is 2. The molecule has 8 heteroatoms. The van der Waals surface area contributed by atoms with Gasteiger partial charge in [0.2, 0.25) is 0 Å². The molecule has 0 unspecified atom stereocenters. The van der Waals surface area contributed by atoms with Gasteiger partial charge in [0.25, 0.3) is 5.91 Å². The van der Waals surface area contributed by atoms with Crippen molar-refractivity contribution in [3.8, 4) is 0 Å². The van der Waals surface area contributed by atoms with Crippen LogP contribution in [-0.2, 0) is 4.84 Å². The number of aromatic amines is 2. The molecule has 1 amide bonds. The quantitative estimate of drug-likeness (QED) is 0.151. The number of hydrogen-bond donors (Lipinski definition) is 2. The highest BCUT2D eigenvalue weighted by Crippen LogP contribution is 2.37. The number of carbonyl (C=O) groups is 2. The molecule has 2 heterocycles. The first kappa shape index (κ1) is 27.3. The van der Waals surface area contributed by atoms with Gasteiger partial charge in [-0.1, -0.05) is 96.3 Å². The highest BCUT2D eigenvalue weighted by atomic mass is 32.2. The van der Waals surface area contributed by atoms with E-state index in [-0.39, 0.29) is 5.91 Å². The Morgan fingerprint density at radius 3 is 1.73 bits per heavy atom. The summed E-state index contributed by atoms with van der Waals surface area (Å²) in [4.78, 5) is 39.1. The van der Waals surface area contributed by atoms with Gasteiger partial charge in [0.15, 0.2) is 6.29 Å². The van der Waals surface area contributed by atoms with Crippen LogP contribution in [0.15, 0.2) is 129 Å². The molecule has 0 saturated heterocycles. The third-order valence-electron chi connectivity index (χ3n) is 6.16. The van der Waals surface area contributed by atoms with Gasteiger partial charge in [0.1, 0.15) is 5.69 Å². The molecule has 2 aromatic heterocycles. The van der Waals surface area contributed by atoms with E-state index in [1.54, 1.807) is 30.6 Å². The normalized spacial score (nSPS) is 10.8. The monoisotopic (exact) mass is 565 g/mol. The molecule has 0 bridgehead atoms. The Labute approximate surface area is 240 Å². The number of benzene rings is 4. The molecule has 0 aliphatic rings. The third-order valence-corrected chi connectivity index (χ3v) is 8.45. The van der Waals surface area contributed by atoms with Crippen molar-refractivity contribution in [1.82, 2.24) is 15.0 Å². The number of aldehydes is 1. The smallest absolute Gasteiger partial charge is 0.294 e. The van der Waals surface area contributed by atoms with Crippen LogP contribution in [0.3, 0.4) is 0 Å². The highest BCUT2D eigenvalue weighted by Gasteiger charge is 2.21. The lowest BCUT2D eigenvalue weighted by atomic mass is 10.2. The van der Waals surface area contributed by atoms with Crippen LogP contribution in [-0.4, -0.2) is 41.4 Å². The van der Waals surface area contributed by atoms with E-state index >= 15 is 0 Å². The van der Waals surface area contributed by atoms with Gasteiger partial charge in [-0.15, -0.1) is 0 Å². The number of nitrogens with zero attached hydrogens (tertiary/aromatic N) is 1. The zero-order valence-electron chi connectivity index (χ0n) is 22.0. The van der Waals surface area contributed by atoms with Gasteiger partial charge in [0, 0.05) is 43.5 Å². The molecule has 0 aliphatic carbocycles. The molecule has 0 fully saturated rings. The Morgan fingerprint density at radius 1 is 0.700 bits per heavy atom. The number of hydrogen-bond acceptors (Lipinski definition) is 5. The number of hydroxylamine groups is 2. The minimum Gasteiger partial charge on any atom is -0.351 e. The second-order valence-electron chi connectivity index (χ2n) is 8.72. The number of fused-ring (bicyclic) bond motifs is 2. The maximum absolute atomic E-state index is 12.5. The summed E-state index contributed by atoms with van der Waals surface area (Å²) in [6.45, 7) is 0. The van der Waals surface area contributed by atoms with E-state index in [0.29, 0.717) is 11.4 Å². The summed E-state index contributed by atoms with van der Waals surface area (Å²) in [5, 5.41) is 3.34. The molecule has 0 aliphatic heterocycles. The summed E-state index contributed by atoms with van der Waals surface area (Å²) >= 11 is 3.18. The average molecular weight is 566 g/mol. The molecule has 0 radical (unpaired) electrons. The molecule has 0 atom stereocenters. The van der Waals surface area contributed by atoms with E-state index in [9.17, 15) is 9.59 Å². The lowest BCUT2D eigenvalue weighted by Crippen LogP contribution is -2.26. The fourth-order valence-corrected chi connectivity index (χ4v) is 6.24. The zero-order valence-corrected chi connectivity index (χ0v) is 23.6. The third kappa shape index (κ3) is 5.99. The summed E-state index contributed by atoms with van der Waals surface area (Å²) in [6, 6.07) is 35.9. The fraction of sp³-hybridized carbons (Fsp3) is 0.0625. The molecular formula is C32H27N3O3S2. The number of nitrogens with one attached hydrogen (secondary N) is 2. The molecule has 6 nitrogen and oxygen atoms in total. The highest BCUT2D eigenvalue weighted by molar-refractivity contribution is 8.00. The molecule has 0 saturated carbocycles. The summed E-state index contributed by atoms with van der Waals surface area (Å²) in [7, 11) is 3.08. The lowest BCUT2D eigenvalue weighted by Gasteiger charge is -2.13. The Balaban J connectivity index is 0.000000164. The van der Waals surface area contributed by atoms with Crippen molar-refractivity contribution in [2.24, 2.45) is 0 Å². The molecule has 2 N–H and O–H groups in total. The summed E-state index contributed by atoms with van der Waals surface area (Å²) in [5.41, 5.74) is 3.12. The van der Waals surface area contributed by atoms with Crippen LogP contribution in [0.1, 0.15) is 21.0 Å². The number of rotatable bonds is 7. The Kier molecular flexibility index (Phi) is 8.71. The number of amides is 1. The van der Waals surface area contributed by atoms with Crippen molar-refractivity contribution in [3.05, 3.63) is 121 Å². The SMILES string of the molecule is CON(C)C(=O)c1[nH]c2ccccc2c1Sc1ccccc1.O=Cc1[nH]c2ccccc2c1Sc1ccccc1. The first-order chi connectivity index (χ1) is 19.6. The van der Waals surface area contributed by atoms with E-state index < -0.39 is 0 Å². The standard InChI is InChI=1S/C17H16N2O2S.C15H11NOS/c1-19(21-2)17(20)15-16(22-12-8-4-3-5-9-12)13-10-6-7-11-14(13)18-15;17-10-14-15(18-11-6-2-1-3-7-11)12-8-4-5-9-13(12)16-14/h3-11,18H,1-2H3;1-10,16H. The molecular weight excluding hydrogens is 539 g/mol. The number of H-pyrrole nitrogens is 2. The predicted octanol–water partition coefficient (Wildman–Crippen LogP) is 8.08. The largest absolute Gasteiger partial charge is 0.351 e. The molecule has 6 aromatic rings. The van der Waals surface area contributed by atoms with Crippen LogP contribution >= 0.6 is 23.5 Å². The summed E-state index contributed by atoms with van der Waals surface area (Å²) in [5.74, 6) is -0.197. The second kappa shape index (κ2) is 12.7. The van der Waals surface area contributed by atoms with E-state index in [1.165, 1.54) is 12.2 Å². The van der Waals surface area contributed by atoms with Gasteiger partial charge in [-0.25, -0.2) is 5.06 Å². The fourth-order valence-electron chi connectivity index (χ4n) is 4.16. The zero-order chi connectivity index (χ0) is 27.9. The van der Waals surface area contributed by atoms with Crippen molar-refractivity contribution in [3.63, 3.8) is 0 Å². The Morgan fingerprint density at radius 2 is 1.18 bits per heavy atom. The molecule has 40 heavy (non-hydrogen) atoms. The van der Waals surface area contributed by atoms with Crippen molar-refractivity contribution in [2.75, 3.05) is 14.2 Å². The maximum Gasteiger partial charge on any atom is 0.294 e. The Hall–Kier alpha value is -4.24. The first-order valence-electron chi connectivity index (χ1n) is 12.5.